The molecule has 82 valence electrons. The van der Waals surface area contributed by atoms with Gasteiger partial charge in [0, 0.05) is 11.1 Å². The first kappa shape index (κ1) is 9.66. The average Bonchev–Trinajstić information content (AvgIpc) is 2.74. The predicted molar refractivity (Wildman–Crippen MR) is 63.2 cm³/mol. The normalized spacial score (nSPS) is 20.5. The summed E-state index contributed by atoms with van der Waals surface area (Å²) in [5.74, 6) is 1.59. The zero-order chi connectivity index (χ0) is 11.0. The topological polar surface area (TPSA) is 39.4 Å². The minimum absolute atomic E-state index is 0.269. The maximum atomic E-state index is 11.2. The molecular weight excluding hydrogens is 224 g/mol. The molecule has 0 fully saturated rings. The van der Waals surface area contributed by atoms with Crippen LogP contribution in [0.25, 0.3) is 16.7 Å². The summed E-state index contributed by atoms with van der Waals surface area (Å²) in [4.78, 5) is 0. The first-order valence-corrected chi connectivity index (χ1v) is 6.48. The standard InChI is InChI=1S/C12H10O3S/c13-16-6-5-12(15-8-16)10-7-14-11-4-2-1-3-9(10)11/h1-5,7H,6,8H2. The molecule has 0 N–H and O–H groups in total. The Morgan fingerprint density at radius 1 is 1.25 bits per heavy atom. The van der Waals surface area contributed by atoms with Crippen LogP contribution < -0.4 is 0 Å². The molecule has 2 aromatic rings. The van der Waals surface area contributed by atoms with Gasteiger partial charge in [-0.05, 0) is 12.1 Å². The van der Waals surface area contributed by atoms with Gasteiger partial charge in [-0.25, -0.2) is 0 Å². The van der Waals surface area contributed by atoms with Crippen LogP contribution in [0.4, 0.5) is 0 Å². The van der Waals surface area contributed by atoms with E-state index in [0.717, 1.165) is 22.3 Å². The van der Waals surface area contributed by atoms with Gasteiger partial charge in [-0.15, -0.1) is 0 Å². The summed E-state index contributed by atoms with van der Waals surface area (Å²) in [6, 6.07) is 7.80. The molecule has 3 nitrogen and oxygen atoms in total. The third-order valence-corrected chi connectivity index (χ3v) is 3.47. The Bertz CT molecular complexity index is 583. The van der Waals surface area contributed by atoms with Gasteiger partial charge in [0.1, 0.15) is 17.6 Å². The zero-order valence-electron chi connectivity index (χ0n) is 8.51. The molecule has 2 heterocycles. The molecule has 3 rings (SSSR count). The Balaban J connectivity index is 2.09. The molecule has 0 amide bonds. The fraction of sp³-hybridized carbons (Fsp3) is 0.167. The van der Waals surface area contributed by atoms with Crippen molar-refractivity contribution in [2.45, 2.75) is 0 Å². The van der Waals surface area contributed by atoms with Gasteiger partial charge in [-0.2, -0.15) is 0 Å². The van der Waals surface area contributed by atoms with E-state index in [4.69, 9.17) is 9.15 Å². The number of hydrogen-bond donors (Lipinski definition) is 0. The SMILES string of the molecule is O=S1CC=C(c2coc3ccccc23)OC1. The first-order valence-electron chi connectivity index (χ1n) is 4.99. The molecule has 0 bridgehead atoms. The van der Waals surface area contributed by atoms with Gasteiger partial charge in [0.2, 0.25) is 0 Å². The van der Waals surface area contributed by atoms with Gasteiger partial charge in [0.15, 0.2) is 5.94 Å². The van der Waals surface area contributed by atoms with Gasteiger partial charge in [-0.3, -0.25) is 4.21 Å². The van der Waals surface area contributed by atoms with Crippen LogP contribution in [0.2, 0.25) is 0 Å². The molecule has 0 saturated heterocycles. The highest BCUT2D eigenvalue weighted by Gasteiger charge is 2.15. The Morgan fingerprint density at radius 3 is 2.94 bits per heavy atom. The minimum atomic E-state index is -0.885. The Labute approximate surface area is 95.2 Å². The van der Waals surface area contributed by atoms with E-state index in [0.29, 0.717) is 5.75 Å². The minimum Gasteiger partial charge on any atom is -0.480 e. The summed E-state index contributed by atoms with van der Waals surface area (Å²) >= 11 is 0. The summed E-state index contributed by atoms with van der Waals surface area (Å²) in [6.07, 6.45) is 3.54. The molecule has 1 aliphatic rings. The predicted octanol–water partition coefficient (Wildman–Crippen LogP) is 2.51. The van der Waals surface area contributed by atoms with Crippen LogP contribution >= 0.6 is 0 Å². The van der Waals surface area contributed by atoms with Crippen LogP contribution in [0, 0.1) is 0 Å². The van der Waals surface area contributed by atoms with Gasteiger partial charge < -0.3 is 9.15 Å². The number of ether oxygens (including phenoxy) is 1. The fourth-order valence-corrected chi connectivity index (χ4v) is 2.45. The van der Waals surface area contributed by atoms with E-state index in [1.807, 2.05) is 30.3 Å². The maximum Gasteiger partial charge on any atom is 0.163 e. The monoisotopic (exact) mass is 234 g/mol. The van der Waals surface area contributed by atoms with E-state index in [2.05, 4.69) is 0 Å². The lowest BCUT2D eigenvalue weighted by molar-refractivity contribution is 0.338. The molecule has 0 spiro atoms. The van der Waals surface area contributed by atoms with Crippen LogP contribution in [-0.2, 0) is 15.5 Å². The first-order chi connectivity index (χ1) is 7.84. The van der Waals surface area contributed by atoms with Crippen molar-refractivity contribution in [3.05, 3.63) is 42.2 Å². The molecule has 1 atom stereocenters. The molecule has 1 unspecified atom stereocenters. The van der Waals surface area contributed by atoms with Crippen molar-refractivity contribution < 1.29 is 13.4 Å². The lowest BCUT2D eigenvalue weighted by Crippen LogP contribution is -2.10. The zero-order valence-corrected chi connectivity index (χ0v) is 9.33. The molecule has 1 aromatic carbocycles. The molecule has 0 radical (unpaired) electrons. The van der Waals surface area contributed by atoms with E-state index in [1.165, 1.54) is 0 Å². The van der Waals surface area contributed by atoms with Gasteiger partial charge in [-0.1, -0.05) is 18.2 Å². The molecule has 0 aliphatic carbocycles. The van der Waals surface area contributed by atoms with Crippen molar-refractivity contribution in [2.24, 2.45) is 0 Å². The van der Waals surface area contributed by atoms with Gasteiger partial charge >= 0.3 is 0 Å². The van der Waals surface area contributed by atoms with Crippen molar-refractivity contribution in [3.8, 4) is 0 Å². The fourth-order valence-electron chi connectivity index (χ4n) is 1.76. The molecule has 1 aliphatic heterocycles. The maximum absolute atomic E-state index is 11.2. The molecule has 0 saturated carbocycles. The Hall–Kier alpha value is -1.55. The molecule has 4 heteroatoms. The average molecular weight is 234 g/mol. The second-order valence-corrected chi connectivity index (χ2v) is 5.03. The van der Waals surface area contributed by atoms with Crippen LogP contribution in [0.1, 0.15) is 5.56 Å². The van der Waals surface area contributed by atoms with E-state index >= 15 is 0 Å². The van der Waals surface area contributed by atoms with Gasteiger partial charge in [0.25, 0.3) is 0 Å². The van der Waals surface area contributed by atoms with Crippen LogP contribution in [0.3, 0.4) is 0 Å². The number of benzene rings is 1. The summed E-state index contributed by atoms with van der Waals surface area (Å²) in [5, 5.41) is 1.03. The number of hydrogen-bond acceptors (Lipinski definition) is 3. The van der Waals surface area contributed by atoms with Crippen molar-refractivity contribution in [3.63, 3.8) is 0 Å². The summed E-state index contributed by atoms with van der Waals surface area (Å²) < 4.78 is 22.0. The second kappa shape index (κ2) is 3.79. The summed E-state index contributed by atoms with van der Waals surface area (Å²) in [7, 11) is -0.885. The van der Waals surface area contributed by atoms with Crippen molar-refractivity contribution in [1.82, 2.24) is 0 Å². The largest absolute Gasteiger partial charge is 0.480 e. The van der Waals surface area contributed by atoms with E-state index in [9.17, 15) is 4.21 Å². The van der Waals surface area contributed by atoms with Crippen LogP contribution in [0.5, 0.6) is 0 Å². The van der Waals surface area contributed by atoms with Crippen molar-refractivity contribution in [2.75, 3.05) is 11.7 Å². The smallest absolute Gasteiger partial charge is 0.163 e. The highest BCUT2D eigenvalue weighted by molar-refractivity contribution is 7.85. The van der Waals surface area contributed by atoms with E-state index in [-0.39, 0.29) is 5.94 Å². The van der Waals surface area contributed by atoms with Crippen LogP contribution in [0.15, 0.2) is 41.0 Å². The van der Waals surface area contributed by atoms with E-state index in [1.54, 1.807) is 6.26 Å². The highest BCUT2D eigenvalue weighted by Crippen LogP contribution is 2.29. The molecule has 16 heavy (non-hydrogen) atoms. The quantitative estimate of drug-likeness (QED) is 0.761. The lowest BCUT2D eigenvalue weighted by Gasteiger charge is -2.13. The third-order valence-electron chi connectivity index (χ3n) is 2.55. The summed E-state index contributed by atoms with van der Waals surface area (Å²) in [5.41, 5.74) is 1.78. The van der Waals surface area contributed by atoms with E-state index < -0.39 is 10.8 Å². The molecular formula is C12H10O3S. The number of para-hydroxylation sites is 1. The second-order valence-electron chi connectivity index (χ2n) is 3.58. The Kier molecular flexibility index (Phi) is 2.29. The summed E-state index contributed by atoms with van der Waals surface area (Å²) in [6.45, 7) is 0. The van der Waals surface area contributed by atoms with Crippen molar-refractivity contribution in [1.29, 1.82) is 0 Å². The number of rotatable bonds is 1. The third kappa shape index (κ3) is 1.55. The van der Waals surface area contributed by atoms with Crippen molar-refractivity contribution >= 4 is 27.5 Å². The van der Waals surface area contributed by atoms with Gasteiger partial charge in [0.05, 0.1) is 16.4 Å². The van der Waals surface area contributed by atoms with Crippen LogP contribution in [-0.4, -0.2) is 15.9 Å². The number of furan rings is 1. The lowest BCUT2D eigenvalue weighted by atomic mass is 10.1. The highest BCUT2D eigenvalue weighted by atomic mass is 32.2. The Morgan fingerprint density at radius 2 is 2.12 bits per heavy atom. The molecule has 1 aromatic heterocycles. The number of fused-ring (bicyclic) bond motifs is 1.